The van der Waals surface area contributed by atoms with Crippen molar-refractivity contribution in [2.75, 3.05) is 13.2 Å². The molecule has 16 rings (SSSR count). The van der Waals surface area contributed by atoms with Crippen molar-refractivity contribution >= 4 is 40.0 Å². The number of ether oxygens (including phenoxy) is 2. The van der Waals surface area contributed by atoms with E-state index in [2.05, 4.69) is 213 Å². The van der Waals surface area contributed by atoms with Crippen molar-refractivity contribution in [1.82, 2.24) is 0 Å². The number of benzene rings is 6. The summed E-state index contributed by atoms with van der Waals surface area (Å²) in [4.78, 5) is 19.6. The molecule has 0 amide bonds. The Morgan fingerprint density at radius 1 is 0.432 bits per heavy atom. The Morgan fingerprint density at radius 2 is 0.795 bits per heavy atom. The quantitative estimate of drug-likeness (QED) is 0.0549. The van der Waals surface area contributed by atoms with Crippen molar-refractivity contribution in [2.24, 2.45) is 33.5 Å². The van der Waals surface area contributed by atoms with Gasteiger partial charge in [0, 0.05) is 45.7 Å². The van der Waals surface area contributed by atoms with Crippen LogP contribution in [0, 0.1) is 40.4 Å². The third kappa shape index (κ3) is 8.74. The van der Waals surface area contributed by atoms with Crippen LogP contribution in [0.15, 0.2) is 170 Å². The van der Waals surface area contributed by atoms with Crippen LogP contribution in [0.3, 0.4) is 0 Å². The molecular formula is C82H84O3S3. The standard InChI is InChI=1S/C82H84O3S3/c1-51(2)76(83)85-46-14-12-10-11-13-45-84-61-29-20-54(21-30-61)53-16-18-55(19-17-53)70-35-36-71(86-70)57-23-33-64-65-34-24-58(50-69(65)82(68(64)49-57)79(8)41-43-80(82,9)44-42-79)73-38-40-75(88-73)74-39-37-72(87-74)56-22-32-63-62-31-15-52(3)47-66(62)81(67(63)48-56)77(4,5)59-25-27-60(28-26-59)78(81,6)7/h15-24,29-40,47-50,59-60H,1,10-14,25-28,41-46H2,2-9H3. The average molecular weight is 1210 g/mol. The van der Waals surface area contributed by atoms with Gasteiger partial charge in [-0.3, -0.25) is 0 Å². The zero-order valence-electron chi connectivity index (χ0n) is 52.9. The number of thiophene rings is 3. The fourth-order valence-corrected chi connectivity index (χ4v) is 22.5. The predicted octanol–water partition coefficient (Wildman–Crippen LogP) is 23.6. The molecule has 2 spiro atoms. The zero-order chi connectivity index (χ0) is 60.5. The number of esters is 1. The molecular weight excluding hydrogens is 1130 g/mol. The van der Waals surface area contributed by atoms with E-state index in [0.29, 0.717) is 18.8 Å². The highest BCUT2D eigenvalue weighted by Crippen LogP contribution is 2.79. The van der Waals surface area contributed by atoms with Gasteiger partial charge >= 0.3 is 5.97 Å². The first kappa shape index (κ1) is 57.8. The molecule has 0 atom stereocenters. The Labute approximate surface area is 535 Å². The van der Waals surface area contributed by atoms with Crippen LogP contribution in [0.25, 0.3) is 84.9 Å². The van der Waals surface area contributed by atoms with Crippen molar-refractivity contribution in [3.63, 3.8) is 0 Å². The Morgan fingerprint density at radius 3 is 1.27 bits per heavy atom. The molecule has 9 aromatic rings. The molecule has 5 saturated carbocycles. The normalized spacial score (nSPS) is 24.5. The lowest BCUT2D eigenvalue weighted by Crippen LogP contribution is -2.54. The van der Waals surface area contributed by atoms with Crippen molar-refractivity contribution in [3.05, 3.63) is 198 Å². The van der Waals surface area contributed by atoms with Gasteiger partial charge in [-0.25, -0.2) is 4.79 Å². The summed E-state index contributed by atoms with van der Waals surface area (Å²) >= 11 is 5.85. The monoisotopic (exact) mass is 1210 g/mol. The number of aryl methyl sites for hydroxylation is 1. The second-order valence-corrected chi connectivity index (χ2v) is 32.3. The molecule has 0 radical (unpaired) electrons. The molecule has 0 unspecified atom stereocenters. The van der Waals surface area contributed by atoms with Crippen molar-refractivity contribution < 1.29 is 14.3 Å². The van der Waals surface area contributed by atoms with Crippen LogP contribution in [0.5, 0.6) is 5.75 Å². The highest BCUT2D eigenvalue weighted by Gasteiger charge is 2.72. The summed E-state index contributed by atoms with van der Waals surface area (Å²) in [6.07, 6.45) is 15.6. The molecule has 0 saturated heterocycles. The summed E-state index contributed by atoms with van der Waals surface area (Å²) in [6.45, 7) is 24.7. The van der Waals surface area contributed by atoms with E-state index in [4.69, 9.17) is 9.47 Å². The first-order chi connectivity index (χ1) is 42.4. The van der Waals surface area contributed by atoms with E-state index in [1.165, 1.54) is 142 Å². The van der Waals surface area contributed by atoms with Gasteiger partial charge in [-0.1, -0.05) is 164 Å². The molecule has 88 heavy (non-hydrogen) atoms. The second kappa shape index (κ2) is 21.6. The third-order valence-corrected chi connectivity index (χ3v) is 27.5. The molecule has 3 nitrogen and oxygen atoms in total. The topological polar surface area (TPSA) is 35.5 Å². The largest absolute Gasteiger partial charge is 0.494 e. The summed E-state index contributed by atoms with van der Waals surface area (Å²) in [5.41, 5.74) is 22.2. The lowest BCUT2D eigenvalue weighted by molar-refractivity contribution is -0.139. The van der Waals surface area contributed by atoms with Gasteiger partial charge in [0.2, 0.25) is 0 Å². The summed E-state index contributed by atoms with van der Waals surface area (Å²) in [5, 5.41) is 0. The molecule has 3 aromatic heterocycles. The van der Waals surface area contributed by atoms with Crippen molar-refractivity contribution in [2.45, 2.75) is 150 Å². The Kier molecular flexibility index (Phi) is 14.2. The van der Waals surface area contributed by atoms with E-state index in [9.17, 15) is 4.79 Å². The number of carbonyl (C=O) groups excluding carboxylic acids is 1. The lowest BCUT2D eigenvalue weighted by atomic mass is 9.46. The predicted molar refractivity (Wildman–Crippen MR) is 372 cm³/mol. The van der Waals surface area contributed by atoms with Gasteiger partial charge in [-0.2, -0.15) is 0 Å². The minimum atomic E-state index is -0.299. The first-order valence-electron chi connectivity index (χ1n) is 33.0. The molecule has 4 bridgehead atoms. The van der Waals surface area contributed by atoms with E-state index in [0.717, 1.165) is 49.7 Å². The van der Waals surface area contributed by atoms with Crippen LogP contribution in [0.4, 0.5) is 0 Å². The molecule has 3 heterocycles. The maximum Gasteiger partial charge on any atom is 0.333 e. The smallest absolute Gasteiger partial charge is 0.333 e. The average Bonchev–Trinajstić information content (AvgIpc) is 1.49. The summed E-state index contributed by atoms with van der Waals surface area (Å²) in [6, 6.07) is 61.9. The van der Waals surface area contributed by atoms with Crippen LogP contribution in [0.1, 0.15) is 160 Å². The number of unbranched alkanes of at least 4 members (excludes halogenated alkanes) is 4. The van der Waals surface area contributed by atoms with E-state index in [1.54, 1.807) is 29.2 Å². The maximum absolute atomic E-state index is 11.6. The fraction of sp³-hybridized carbons (Fsp3) is 0.378. The fourth-order valence-electron chi connectivity index (χ4n) is 19.4. The molecule has 6 heteroatoms. The van der Waals surface area contributed by atoms with E-state index < -0.39 is 0 Å². The molecule has 6 aromatic carbocycles. The Hall–Kier alpha value is -6.57. The third-order valence-electron chi connectivity index (χ3n) is 23.8. The highest BCUT2D eigenvalue weighted by molar-refractivity contribution is 7.25. The molecule has 7 aliphatic carbocycles. The SMILES string of the molecule is C=C(C)C(=O)OCCCCCCCOc1ccc(-c2ccc(-c3ccc(-c4ccc5c(c4)C4(c6cc(-c7ccc(-c8ccc(-c9ccc%10c(c9)C9(c%11cc(C)ccc%11-%10)C(C)(C)C%10CCC(CC%10)C9(C)C)s8)s7)ccc6-5)C5(C)CCC4(C)CC5)s3)cc2)cc1. The van der Waals surface area contributed by atoms with E-state index in [-0.39, 0.29) is 38.5 Å². The van der Waals surface area contributed by atoms with Crippen LogP contribution in [-0.4, -0.2) is 19.2 Å². The van der Waals surface area contributed by atoms with Gasteiger partial charge in [0.25, 0.3) is 0 Å². The van der Waals surface area contributed by atoms with Gasteiger partial charge in [0.1, 0.15) is 5.75 Å². The summed E-state index contributed by atoms with van der Waals surface area (Å²) in [5.74, 6) is 2.04. The molecule has 0 aliphatic heterocycles. The Bertz CT molecular complexity index is 4150. The van der Waals surface area contributed by atoms with Crippen LogP contribution in [0.2, 0.25) is 0 Å². The number of carbonyl (C=O) groups is 1. The minimum absolute atomic E-state index is 0.0407. The van der Waals surface area contributed by atoms with Crippen LogP contribution in [-0.2, 0) is 20.4 Å². The van der Waals surface area contributed by atoms with Gasteiger partial charge < -0.3 is 9.47 Å². The molecule has 5 fully saturated rings. The molecule has 448 valence electrons. The van der Waals surface area contributed by atoms with Gasteiger partial charge in [0.05, 0.1) is 13.2 Å². The summed E-state index contributed by atoms with van der Waals surface area (Å²) < 4.78 is 11.3. The first-order valence-corrected chi connectivity index (χ1v) is 35.4. The summed E-state index contributed by atoms with van der Waals surface area (Å²) in [7, 11) is 0. The number of fused-ring (bicyclic) bond motifs is 8. The maximum atomic E-state index is 11.6. The van der Waals surface area contributed by atoms with Crippen LogP contribution < -0.4 is 4.74 Å². The second-order valence-electron chi connectivity index (χ2n) is 29.1. The van der Waals surface area contributed by atoms with Gasteiger partial charge in [-0.05, 0) is 256 Å². The Balaban J connectivity index is 0.661. The van der Waals surface area contributed by atoms with E-state index in [1.807, 2.05) is 34.0 Å². The molecule has 0 N–H and O–H groups in total. The zero-order valence-corrected chi connectivity index (χ0v) is 55.4. The number of hydrogen-bond acceptors (Lipinski definition) is 6. The van der Waals surface area contributed by atoms with Gasteiger partial charge in [-0.15, -0.1) is 34.0 Å². The lowest BCUT2D eigenvalue weighted by Gasteiger charge is -2.57. The van der Waals surface area contributed by atoms with Crippen LogP contribution >= 0.6 is 34.0 Å². The highest BCUT2D eigenvalue weighted by atomic mass is 32.1. The number of rotatable bonds is 16. The van der Waals surface area contributed by atoms with Gasteiger partial charge in [0.15, 0.2) is 0 Å². The number of hydrogen-bond donors (Lipinski definition) is 0. The van der Waals surface area contributed by atoms with Crippen molar-refractivity contribution in [3.8, 4) is 90.6 Å². The van der Waals surface area contributed by atoms with Crippen molar-refractivity contribution in [1.29, 1.82) is 0 Å². The molecule has 7 aliphatic rings. The minimum Gasteiger partial charge on any atom is -0.494 e. The van der Waals surface area contributed by atoms with E-state index >= 15 is 0 Å².